The van der Waals surface area contributed by atoms with Crippen molar-refractivity contribution in [1.29, 1.82) is 0 Å². The topological polar surface area (TPSA) is 29.5 Å². The molecule has 1 heterocycles. The molecule has 0 saturated heterocycles. The van der Waals surface area contributed by atoms with Gasteiger partial charge in [-0.05, 0) is 62.8 Å². The first-order chi connectivity index (χ1) is 9.26. The standard InChI is InChI=1S/C17H25NO2/c1-11-7-14-13(3)9-17(4,5)18(10-16(19)20-6)15(14)8-12(11)2/h7-8,13H,9-10H2,1-6H3. The molecule has 1 aliphatic rings. The number of benzene rings is 1. The second-order valence-corrected chi connectivity index (χ2v) is 6.58. The molecule has 110 valence electrons. The lowest BCUT2D eigenvalue weighted by atomic mass is 9.79. The molecule has 1 aliphatic heterocycles. The van der Waals surface area contributed by atoms with Crippen LogP contribution in [0.15, 0.2) is 12.1 Å². The van der Waals surface area contributed by atoms with E-state index < -0.39 is 0 Å². The average Bonchev–Trinajstić information content (AvgIpc) is 2.36. The number of anilines is 1. The molecule has 0 radical (unpaired) electrons. The van der Waals surface area contributed by atoms with Crippen LogP contribution in [-0.2, 0) is 9.53 Å². The van der Waals surface area contributed by atoms with Gasteiger partial charge in [-0.15, -0.1) is 0 Å². The molecule has 0 bridgehead atoms. The van der Waals surface area contributed by atoms with Gasteiger partial charge in [0.25, 0.3) is 0 Å². The molecule has 1 unspecified atom stereocenters. The van der Waals surface area contributed by atoms with Gasteiger partial charge in [-0.1, -0.05) is 13.0 Å². The minimum atomic E-state index is -0.184. The van der Waals surface area contributed by atoms with E-state index in [1.54, 1.807) is 0 Å². The molecule has 1 aromatic carbocycles. The predicted octanol–water partition coefficient (Wildman–Crippen LogP) is 3.57. The van der Waals surface area contributed by atoms with Crippen LogP contribution in [-0.4, -0.2) is 25.2 Å². The van der Waals surface area contributed by atoms with Gasteiger partial charge in [0.2, 0.25) is 0 Å². The number of fused-ring (bicyclic) bond motifs is 1. The Hall–Kier alpha value is -1.51. The van der Waals surface area contributed by atoms with Crippen LogP contribution in [0, 0.1) is 13.8 Å². The summed E-state index contributed by atoms with van der Waals surface area (Å²) in [6.07, 6.45) is 1.04. The van der Waals surface area contributed by atoms with Crippen LogP contribution in [0.2, 0.25) is 0 Å². The third-order valence-corrected chi connectivity index (χ3v) is 4.52. The van der Waals surface area contributed by atoms with Crippen molar-refractivity contribution in [2.24, 2.45) is 0 Å². The zero-order valence-electron chi connectivity index (χ0n) is 13.4. The van der Waals surface area contributed by atoms with E-state index in [4.69, 9.17) is 4.74 Å². The SMILES string of the molecule is COC(=O)CN1c2cc(C)c(C)cc2C(C)CC1(C)C. The molecule has 3 nitrogen and oxygen atoms in total. The van der Waals surface area contributed by atoms with Gasteiger partial charge in [0.05, 0.1) is 7.11 Å². The van der Waals surface area contributed by atoms with E-state index in [2.05, 4.69) is 51.7 Å². The van der Waals surface area contributed by atoms with Crippen LogP contribution < -0.4 is 4.90 Å². The monoisotopic (exact) mass is 275 g/mol. The van der Waals surface area contributed by atoms with Crippen LogP contribution in [0.3, 0.4) is 0 Å². The van der Waals surface area contributed by atoms with Gasteiger partial charge in [0, 0.05) is 11.2 Å². The predicted molar refractivity (Wildman–Crippen MR) is 82.4 cm³/mol. The van der Waals surface area contributed by atoms with E-state index in [1.165, 1.54) is 29.5 Å². The van der Waals surface area contributed by atoms with Crippen molar-refractivity contribution in [3.05, 3.63) is 28.8 Å². The summed E-state index contributed by atoms with van der Waals surface area (Å²) in [5.41, 5.74) is 5.07. The molecule has 20 heavy (non-hydrogen) atoms. The first-order valence-corrected chi connectivity index (χ1v) is 7.22. The van der Waals surface area contributed by atoms with Gasteiger partial charge in [-0.2, -0.15) is 0 Å². The molecule has 1 aromatic rings. The van der Waals surface area contributed by atoms with Crippen LogP contribution in [0.5, 0.6) is 0 Å². The van der Waals surface area contributed by atoms with Crippen LogP contribution >= 0.6 is 0 Å². The van der Waals surface area contributed by atoms with E-state index >= 15 is 0 Å². The summed E-state index contributed by atoms with van der Waals surface area (Å²) in [6.45, 7) is 11.2. The second-order valence-electron chi connectivity index (χ2n) is 6.58. The van der Waals surface area contributed by atoms with Crippen molar-refractivity contribution in [2.75, 3.05) is 18.6 Å². The minimum Gasteiger partial charge on any atom is -0.468 e. The highest BCUT2D eigenvalue weighted by Crippen LogP contribution is 2.44. The van der Waals surface area contributed by atoms with Gasteiger partial charge >= 0.3 is 5.97 Å². The normalized spacial score (nSPS) is 20.5. The van der Waals surface area contributed by atoms with Crippen LogP contribution in [0.4, 0.5) is 5.69 Å². The Bertz CT molecular complexity index is 534. The number of carbonyl (C=O) groups is 1. The van der Waals surface area contributed by atoms with Gasteiger partial charge in [-0.3, -0.25) is 4.79 Å². The molecule has 3 heteroatoms. The quantitative estimate of drug-likeness (QED) is 0.773. The maximum absolute atomic E-state index is 11.7. The third kappa shape index (κ3) is 2.54. The fourth-order valence-corrected chi connectivity index (χ4v) is 3.24. The maximum atomic E-state index is 11.7. The highest BCUT2D eigenvalue weighted by molar-refractivity contribution is 5.78. The highest BCUT2D eigenvalue weighted by Gasteiger charge is 2.37. The molecule has 2 rings (SSSR count). The Morgan fingerprint density at radius 3 is 2.55 bits per heavy atom. The lowest BCUT2D eigenvalue weighted by Gasteiger charge is -2.47. The molecule has 0 fully saturated rings. The van der Waals surface area contributed by atoms with Crippen LogP contribution in [0.1, 0.15) is 49.8 Å². The van der Waals surface area contributed by atoms with Crippen molar-refractivity contribution in [3.63, 3.8) is 0 Å². The number of carbonyl (C=O) groups excluding carboxylic acids is 1. The maximum Gasteiger partial charge on any atom is 0.325 e. The van der Waals surface area contributed by atoms with Gasteiger partial charge in [0.15, 0.2) is 0 Å². The molecule has 0 spiro atoms. The molecule has 0 N–H and O–H groups in total. The molecular formula is C17H25NO2. The summed E-state index contributed by atoms with van der Waals surface area (Å²) < 4.78 is 4.86. The summed E-state index contributed by atoms with van der Waals surface area (Å²) in [5.74, 6) is 0.324. The van der Waals surface area contributed by atoms with E-state index in [1.807, 2.05) is 0 Å². The second kappa shape index (κ2) is 5.12. The van der Waals surface area contributed by atoms with Crippen LogP contribution in [0.25, 0.3) is 0 Å². The van der Waals surface area contributed by atoms with E-state index in [0.29, 0.717) is 12.5 Å². The highest BCUT2D eigenvalue weighted by atomic mass is 16.5. The Morgan fingerprint density at radius 2 is 1.95 bits per heavy atom. The smallest absolute Gasteiger partial charge is 0.325 e. The Balaban J connectivity index is 2.52. The third-order valence-electron chi connectivity index (χ3n) is 4.52. The summed E-state index contributed by atoms with van der Waals surface area (Å²) in [7, 11) is 1.45. The molecule has 0 aromatic heterocycles. The number of methoxy groups -OCH3 is 1. The van der Waals surface area contributed by atoms with Crippen molar-refractivity contribution < 1.29 is 9.53 Å². The molecule has 0 aliphatic carbocycles. The average molecular weight is 275 g/mol. The van der Waals surface area contributed by atoms with E-state index in [-0.39, 0.29) is 11.5 Å². The number of ether oxygens (including phenoxy) is 1. The van der Waals surface area contributed by atoms with E-state index in [9.17, 15) is 4.79 Å². The van der Waals surface area contributed by atoms with E-state index in [0.717, 1.165) is 6.42 Å². The first-order valence-electron chi connectivity index (χ1n) is 7.22. The lowest BCUT2D eigenvalue weighted by molar-refractivity contribution is -0.139. The lowest BCUT2D eigenvalue weighted by Crippen LogP contribution is -2.50. The number of rotatable bonds is 2. The summed E-state index contributed by atoms with van der Waals surface area (Å²) in [5, 5.41) is 0. The van der Waals surface area contributed by atoms with Crippen molar-refractivity contribution in [2.45, 2.75) is 52.5 Å². The zero-order chi connectivity index (χ0) is 15.1. The fraction of sp³-hybridized carbons (Fsp3) is 0.588. The largest absolute Gasteiger partial charge is 0.468 e. The number of hydrogen-bond donors (Lipinski definition) is 0. The first kappa shape index (κ1) is 14.9. The summed E-state index contributed by atoms with van der Waals surface area (Å²) in [4.78, 5) is 13.9. The number of esters is 1. The molecular weight excluding hydrogens is 250 g/mol. The Kier molecular flexibility index (Phi) is 3.81. The van der Waals surface area contributed by atoms with Crippen molar-refractivity contribution >= 4 is 11.7 Å². The number of hydrogen-bond acceptors (Lipinski definition) is 3. The Morgan fingerprint density at radius 1 is 1.35 bits per heavy atom. The number of nitrogens with zero attached hydrogens (tertiary/aromatic N) is 1. The Labute approximate surface area is 121 Å². The zero-order valence-corrected chi connectivity index (χ0v) is 13.4. The van der Waals surface area contributed by atoms with Gasteiger partial charge in [-0.25, -0.2) is 0 Å². The molecule has 1 atom stereocenters. The molecule has 0 saturated carbocycles. The summed E-state index contributed by atoms with van der Waals surface area (Å²) in [6, 6.07) is 4.49. The van der Waals surface area contributed by atoms with Gasteiger partial charge < -0.3 is 9.64 Å². The molecule has 0 amide bonds. The minimum absolute atomic E-state index is 0.0394. The van der Waals surface area contributed by atoms with Crippen molar-refractivity contribution in [1.82, 2.24) is 0 Å². The fourth-order valence-electron chi connectivity index (χ4n) is 3.24. The van der Waals surface area contributed by atoms with Gasteiger partial charge in [0.1, 0.15) is 6.54 Å². The van der Waals surface area contributed by atoms with Crippen molar-refractivity contribution in [3.8, 4) is 0 Å². The summed E-state index contributed by atoms with van der Waals surface area (Å²) >= 11 is 0. The number of aryl methyl sites for hydroxylation is 2.